The van der Waals surface area contributed by atoms with Crippen molar-refractivity contribution < 1.29 is 9.53 Å². The third kappa shape index (κ3) is 2.39. The van der Waals surface area contributed by atoms with E-state index in [0.29, 0.717) is 22.7 Å². The molecule has 2 aromatic carbocycles. The molecule has 0 aliphatic carbocycles. The van der Waals surface area contributed by atoms with Crippen LogP contribution in [-0.2, 0) is 0 Å². The van der Waals surface area contributed by atoms with E-state index in [-0.39, 0.29) is 0 Å². The molecule has 0 aliphatic rings. The molecular weight excluding hydrogens is 202 g/mol. The van der Waals surface area contributed by atoms with Gasteiger partial charge in [-0.05, 0) is 36.4 Å². The zero-order valence-electron chi connectivity index (χ0n) is 8.59. The molecule has 2 rings (SSSR count). The molecule has 0 radical (unpaired) electrons. The normalized spacial score (nSPS) is 9.75. The Morgan fingerprint density at radius 1 is 1.00 bits per heavy atom. The van der Waals surface area contributed by atoms with Gasteiger partial charge in [0.25, 0.3) is 0 Å². The fraction of sp³-hybridized carbons (Fsp3) is 0. The number of rotatable bonds is 3. The maximum Gasteiger partial charge on any atom is 0.150 e. The van der Waals surface area contributed by atoms with Crippen LogP contribution in [0, 0.1) is 0 Å². The highest BCUT2D eigenvalue weighted by Gasteiger charge is 1.97. The van der Waals surface area contributed by atoms with Crippen molar-refractivity contribution in [1.82, 2.24) is 0 Å². The molecule has 0 fully saturated rings. The number of carbonyl (C=O) groups excluding carboxylic acids is 1. The lowest BCUT2D eigenvalue weighted by atomic mass is 10.2. The van der Waals surface area contributed by atoms with Crippen molar-refractivity contribution in [3.05, 3.63) is 54.1 Å². The Morgan fingerprint density at radius 3 is 2.38 bits per heavy atom. The van der Waals surface area contributed by atoms with Crippen molar-refractivity contribution in [3.8, 4) is 11.5 Å². The first-order chi connectivity index (χ1) is 7.78. The number of nitrogen functional groups attached to an aromatic ring is 1. The summed E-state index contributed by atoms with van der Waals surface area (Å²) in [6.45, 7) is 0. The van der Waals surface area contributed by atoms with E-state index in [1.54, 1.807) is 36.4 Å². The van der Waals surface area contributed by atoms with Crippen molar-refractivity contribution in [2.45, 2.75) is 0 Å². The van der Waals surface area contributed by atoms with E-state index in [1.807, 2.05) is 12.1 Å². The molecule has 0 aromatic heterocycles. The van der Waals surface area contributed by atoms with Gasteiger partial charge in [0.1, 0.15) is 17.8 Å². The van der Waals surface area contributed by atoms with Crippen LogP contribution in [0.2, 0.25) is 0 Å². The van der Waals surface area contributed by atoms with Gasteiger partial charge in [0.2, 0.25) is 0 Å². The van der Waals surface area contributed by atoms with Gasteiger partial charge in [-0.2, -0.15) is 0 Å². The van der Waals surface area contributed by atoms with E-state index in [1.165, 1.54) is 0 Å². The van der Waals surface area contributed by atoms with Gasteiger partial charge < -0.3 is 10.5 Å². The van der Waals surface area contributed by atoms with Crippen LogP contribution >= 0.6 is 0 Å². The molecular formula is C13H11NO2. The Morgan fingerprint density at radius 2 is 1.75 bits per heavy atom. The molecule has 0 aliphatic heterocycles. The molecule has 0 bridgehead atoms. The van der Waals surface area contributed by atoms with Crippen molar-refractivity contribution in [2.75, 3.05) is 5.73 Å². The first kappa shape index (κ1) is 10.2. The second-order valence-electron chi connectivity index (χ2n) is 3.36. The molecule has 16 heavy (non-hydrogen) atoms. The lowest BCUT2D eigenvalue weighted by Crippen LogP contribution is -1.88. The predicted molar refractivity (Wildman–Crippen MR) is 62.8 cm³/mol. The van der Waals surface area contributed by atoms with Gasteiger partial charge in [-0.1, -0.05) is 6.07 Å². The third-order valence-corrected chi connectivity index (χ3v) is 2.11. The summed E-state index contributed by atoms with van der Waals surface area (Å²) in [7, 11) is 0. The molecule has 0 spiro atoms. The van der Waals surface area contributed by atoms with Gasteiger partial charge in [0.15, 0.2) is 0 Å². The summed E-state index contributed by atoms with van der Waals surface area (Å²) in [6, 6.07) is 14.1. The van der Waals surface area contributed by atoms with E-state index in [0.717, 1.165) is 6.29 Å². The van der Waals surface area contributed by atoms with Crippen molar-refractivity contribution in [1.29, 1.82) is 0 Å². The van der Waals surface area contributed by atoms with Gasteiger partial charge in [0.05, 0.1) is 0 Å². The maximum atomic E-state index is 10.5. The van der Waals surface area contributed by atoms with Crippen LogP contribution in [0.25, 0.3) is 0 Å². The average molecular weight is 213 g/mol. The highest BCUT2D eigenvalue weighted by atomic mass is 16.5. The summed E-state index contributed by atoms with van der Waals surface area (Å²) in [6.07, 6.45) is 0.796. The summed E-state index contributed by atoms with van der Waals surface area (Å²) in [4.78, 5) is 10.5. The quantitative estimate of drug-likeness (QED) is 0.630. The minimum absolute atomic E-state index is 0.625. The second-order valence-corrected chi connectivity index (χ2v) is 3.36. The zero-order valence-corrected chi connectivity index (χ0v) is 8.59. The molecule has 0 saturated carbocycles. The molecule has 0 heterocycles. The molecule has 80 valence electrons. The molecule has 0 saturated heterocycles. The van der Waals surface area contributed by atoms with Crippen LogP contribution in [0.1, 0.15) is 10.4 Å². The van der Waals surface area contributed by atoms with Crippen LogP contribution in [0.15, 0.2) is 48.5 Å². The predicted octanol–water partition coefficient (Wildman–Crippen LogP) is 2.87. The molecule has 0 atom stereocenters. The Labute approximate surface area is 93.5 Å². The van der Waals surface area contributed by atoms with Gasteiger partial charge >= 0.3 is 0 Å². The van der Waals surface area contributed by atoms with E-state index >= 15 is 0 Å². The Balaban J connectivity index is 2.17. The fourth-order valence-corrected chi connectivity index (χ4v) is 1.33. The SMILES string of the molecule is Nc1cccc(Oc2ccc(C=O)cc2)c1. The smallest absolute Gasteiger partial charge is 0.150 e. The standard InChI is InChI=1S/C13H11NO2/c14-11-2-1-3-13(8-11)16-12-6-4-10(9-15)5-7-12/h1-9H,14H2. The Bertz CT molecular complexity index is 492. The summed E-state index contributed by atoms with van der Waals surface area (Å²) in [5.74, 6) is 1.36. The molecule has 0 unspecified atom stereocenters. The first-order valence-electron chi connectivity index (χ1n) is 4.86. The van der Waals surface area contributed by atoms with E-state index in [2.05, 4.69) is 0 Å². The minimum atomic E-state index is 0.625. The minimum Gasteiger partial charge on any atom is -0.457 e. The molecule has 3 nitrogen and oxygen atoms in total. The summed E-state index contributed by atoms with van der Waals surface area (Å²) >= 11 is 0. The number of anilines is 1. The van der Waals surface area contributed by atoms with Crippen molar-refractivity contribution >= 4 is 12.0 Å². The van der Waals surface area contributed by atoms with Crippen LogP contribution < -0.4 is 10.5 Å². The topological polar surface area (TPSA) is 52.3 Å². The highest BCUT2D eigenvalue weighted by molar-refractivity contribution is 5.74. The molecule has 2 aromatic rings. The van der Waals surface area contributed by atoms with Crippen LogP contribution in [0.5, 0.6) is 11.5 Å². The number of hydrogen-bond acceptors (Lipinski definition) is 3. The Kier molecular flexibility index (Phi) is 2.87. The zero-order chi connectivity index (χ0) is 11.4. The number of ether oxygens (including phenoxy) is 1. The lowest BCUT2D eigenvalue weighted by Gasteiger charge is -2.05. The molecule has 2 N–H and O–H groups in total. The number of hydrogen-bond donors (Lipinski definition) is 1. The average Bonchev–Trinajstić information content (AvgIpc) is 2.30. The number of aldehydes is 1. The van der Waals surface area contributed by atoms with Crippen LogP contribution in [0.3, 0.4) is 0 Å². The van der Waals surface area contributed by atoms with Crippen LogP contribution in [0.4, 0.5) is 5.69 Å². The highest BCUT2D eigenvalue weighted by Crippen LogP contribution is 2.22. The number of benzene rings is 2. The summed E-state index contributed by atoms with van der Waals surface area (Å²) in [5.41, 5.74) is 6.91. The Hall–Kier alpha value is -2.29. The third-order valence-electron chi connectivity index (χ3n) is 2.11. The van der Waals surface area contributed by atoms with E-state index < -0.39 is 0 Å². The molecule has 0 amide bonds. The lowest BCUT2D eigenvalue weighted by molar-refractivity contribution is 0.112. The van der Waals surface area contributed by atoms with Crippen molar-refractivity contribution in [2.24, 2.45) is 0 Å². The summed E-state index contributed by atoms with van der Waals surface area (Å²) < 4.78 is 5.56. The van der Waals surface area contributed by atoms with Crippen LogP contribution in [-0.4, -0.2) is 6.29 Å². The number of nitrogens with two attached hydrogens (primary N) is 1. The molecule has 3 heteroatoms. The van der Waals surface area contributed by atoms with Crippen molar-refractivity contribution in [3.63, 3.8) is 0 Å². The first-order valence-corrected chi connectivity index (χ1v) is 4.86. The van der Waals surface area contributed by atoms with E-state index in [9.17, 15) is 4.79 Å². The number of carbonyl (C=O) groups is 1. The van der Waals surface area contributed by atoms with Gasteiger partial charge in [0, 0.05) is 17.3 Å². The second kappa shape index (κ2) is 4.49. The van der Waals surface area contributed by atoms with Gasteiger partial charge in [-0.3, -0.25) is 4.79 Å². The monoisotopic (exact) mass is 213 g/mol. The summed E-state index contributed by atoms with van der Waals surface area (Å²) in [5, 5.41) is 0. The maximum absolute atomic E-state index is 10.5. The van der Waals surface area contributed by atoms with Gasteiger partial charge in [-0.25, -0.2) is 0 Å². The van der Waals surface area contributed by atoms with Gasteiger partial charge in [-0.15, -0.1) is 0 Å². The largest absolute Gasteiger partial charge is 0.457 e. The fourth-order valence-electron chi connectivity index (χ4n) is 1.33. The van der Waals surface area contributed by atoms with E-state index in [4.69, 9.17) is 10.5 Å².